The Morgan fingerprint density at radius 2 is 1.82 bits per heavy atom. The smallest absolute Gasteiger partial charge is 0.410 e. The fourth-order valence-corrected chi connectivity index (χ4v) is 1.69. The van der Waals surface area contributed by atoms with Crippen molar-refractivity contribution in [2.75, 3.05) is 32.7 Å². The molecule has 0 unspecified atom stereocenters. The highest BCUT2D eigenvalue weighted by Crippen LogP contribution is 2.11. The molecule has 1 heterocycles. The second kappa shape index (κ2) is 6.05. The number of allylic oxidation sites excluding steroid dienone is 1. The van der Waals surface area contributed by atoms with E-state index in [2.05, 4.69) is 17.1 Å². The molecule has 0 aliphatic carbocycles. The van der Waals surface area contributed by atoms with Crippen LogP contribution in [-0.4, -0.2) is 54.2 Å². The minimum absolute atomic E-state index is 0.191. The molecule has 17 heavy (non-hydrogen) atoms. The third kappa shape index (κ3) is 5.22. The second-order valence-electron chi connectivity index (χ2n) is 5.34. The molecular weight excluding hydrogens is 216 g/mol. The van der Waals surface area contributed by atoms with Crippen molar-refractivity contribution in [3.8, 4) is 0 Å². The first-order valence-electron chi connectivity index (χ1n) is 6.24. The Bertz CT molecular complexity index is 274. The molecule has 1 amide bonds. The van der Waals surface area contributed by atoms with Crippen molar-refractivity contribution in [3.05, 3.63) is 12.2 Å². The van der Waals surface area contributed by atoms with Gasteiger partial charge in [0, 0.05) is 32.7 Å². The van der Waals surface area contributed by atoms with E-state index in [1.54, 1.807) is 4.90 Å². The molecule has 0 saturated carbocycles. The van der Waals surface area contributed by atoms with Crippen molar-refractivity contribution in [3.63, 3.8) is 0 Å². The monoisotopic (exact) mass is 240 g/mol. The van der Waals surface area contributed by atoms with Crippen molar-refractivity contribution in [1.82, 2.24) is 9.80 Å². The summed E-state index contributed by atoms with van der Waals surface area (Å²) in [5.41, 5.74) is -0.404. The van der Waals surface area contributed by atoms with E-state index in [0.717, 1.165) is 32.7 Å². The highest BCUT2D eigenvalue weighted by Gasteiger charge is 2.25. The molecule has 0 atom stereocenters. The normalized spacial score (nSPS) is 18.7. The Hall–Kier alpha value is -1.03. The molecule has 0 aromatic heterocycles. The van der Waals surface area contributed by atoms with E-state index in [4.69, 9.17) is 4.74 Å². The summed E-state index contributed by atoms with van der Waals surface area (Å²) in [5, 5.41) is 0. The summed E-state index contributed by atoms with van der Waals surface area (Å²) in [6.07, 6.45) is 4.01. The molecule has 0 aromatic carbocycles. The minimum atomic E-state index is -0.404. The van der Waals surface area contributed by atoms with Gasteiger partial charge in [-0.05, 0) is 27.7 Å². The minimum Gasteiger partial charge on any atom is -0.444 e. The quantitative estimate of drug-likeness (QED) is 0.693. The molecule has 1 fully saturated rings. The van der Waals surface area contributed by atoms with Gasteiger partial charge in [0.15, 0.2) is 0 Å². The van der Waals surface area contributed by atoms with E-state index in [-0.39, 0.29) is 6.09 Å². The zero-order valence-electron chi connectivity index (χ0n) is 11.4. The molecule has 0 radical (unpaired) electrons. The molecule has 0 spiro atoms. The van der Waals surface area contributed by atoms with Crippen molar-refractivity contribution in [2.45, 2.75) is 33.3 Å². The summed E-state index contributed by atoms with van der Waals surface area (Å²) in [4.78, 5) is 15.9. The molecule has 4 heteroatoms. The van der Waals surface area contributed by atoms with Gasteiger partial charge in [-0.15, -0.1) is 0 Å². The van der Waals surface area contributed by atoms with Crippen LogP contribution >= 0.6 is 0 Å². The van der Waals surface area contributed by atoms with Crippen LogP contribution < -0.4 is 0 Å². The van der Waals surface area contributed by atoms with Gasteiger partial charge in [-0.3, -0.25) is 4.90 Å². The van der Waals surface area contributed by atoms with Crippen LogP contribution in [0.4, 0.5) is 4.79 Å². The largest absolute Gasteiger partial charge is 0.444 e. The van der Waals surface area contributed by atoms with Crippen LogP contribution in [0.25, 0.3) is 0 Å². The van der Waals surface area contributed by atoms with Gasteiger partial charge in [0.1, 0.15) is 5.60 Å². The van der Waals surface area contributed by atoms with Crippen LogP contribution in [0.5, 0.6) is 0 Å². The number of carbonyl (C=O) groups excluding carboxylic acids is 1. The second-order valence-corrected chi connectivity index (χ2v) is 5.34. The number of rotatable bonds is 2. The molecule has 0 aromatic rings. The maximum absolute atomic E-state index is 11.8. The van der Waals surface area contributed by atoms with Gasteiger partial charge in [0.2, 0.25) is 0 Å². The van der Waals surface area contributed by atoms with Crippen LogP contribution in [0.3, 0.4) is 0 Å². The van der Waals surface area contributed by atoms with Gasteiger partial charge < -0.3 is 9.64 Å². The fraction of sp³-hybridized carbons (Fsp3) is 0.769. The number of carbonyl (C=O) groups is 1. The maximum Gasteiger partial charge on any atom is 0.410 e. The summed E-state index contributed by atoms with van der Waals surface area (Å²) in [6.45, 7) is 12.0. The summed E-state index contributed by atoms with van der Waals surface area (Å²) in [5.74, 6) is 0. The molecular formula is C13H24N2O2. The molecule has 1 aliphatic rings. The van der Waals surface area contributed by atoms with Crippen molar-refractivity contribution in [1.29, 1.82) is 0 Å². The number of hydrogen-bond acceptors (Lipinski definition) is 3. The van der Waals surface area contributed by atoms with Crippen molar-refractivity contribution < 1.29 is 9.53 Å². The Morgan fingerprint density at radius 3 is 2.29 bits per heavy atom. The summed E-state index contributed by atoms with van der Waals surface area (Å²) < 4.78 is 5.35. The Labute approximate surface area is 104 Å². The first-order chi connectivity index (χ1) is 7.92. The third-order valence-corrected chi connectivity index (χ3v) is 2.62. The van der Waals surface area contributed by atoms with Crippen LogP contribution in [0.15, 0.2) is 12.2 Å². The SMILES string of the molecule is C/C=C/CN1CCN(C(=O)OC(C)(C)C)CC1. The van der Waals surface area contributed by atoms with Gasteiger partial charge in [-0.2, -0.15) is 0 Å². The van der Waals surface area contributed by atoms with Crippen LogP contribution in [0, 0.1) is 0 Å². The van der Waals surface area contributed by atoms with Gasteiger partial charge in [0.05, 0.1) is 0 Å². The highest BCUT2D eigenvalue weighted by molar-refractivity contribution is 5.68. The molecule has 1 rings (SSSR count). The lowest BCUT2D eigenvalue weighted by Crippen LogP contribution is -2.49. The number of nitrogens with zero attached hydrogens (tertiary/aromatic N) is 2. The van der Waals surface area contributed by atoms with Crippen LogP contribution in [0.1, 0.15) is 27.7 Å². The summed E-state index contributed by atoms with van der Waals surface area (Å²) in [7, 11) is 0. The van der Waals surface area contributed by atoms with E-state index in [9.17, 15) is 4.79 Å². The Balaban J connectivity index is 2.34. The van der Waals surface area contributed by atoms with Crippen LogP contribution in [0.2, 0.25) is 0 Å². The van der Waals surface area contributed by atoms with Gasteiger partial charge in [-0.25, -0.2) is 4.79 Å². The van der Waals surface area contributed by atoms with Gasteiger partial charge >= 0.3 is 6.09 Å². The zero-order valence-corrected chi connectivity index (χ0v) is 11.4. The third-order valence-electron chi connectivity index (χ3n) is 2.62. The zero-order chi connectivity index (χ0) is 12.9. The maximum atomic E-state index is 11.8. The molecule has 1 saturated heterocycles. The number of piperazine rings is 1. The average molecular weight is 240 g/mol. The van der Waals surface area contributed by atoms with E-state index in [1.807, 2.05) is 27.7 Å². The van der Waals surface area contributed by atoms with Crippen LogP contribution in [-0.2, 0) is 4.74 Å². The average Bonchev–Trinajstić information content (AvgIpc) is 2.24. The topological polar surface area (TPSA) is 32.8 Å². The highest BCUT2D eigenvalue weighted by atomic mass is 16.6. The van der Waals surface area contributed by atoms with E-state index in [1.165, 1.54) is 0 Å². The summed E-state index contributed by atoms with van der Waals surface area (Å²) in [6, 6.07) is 0. The lowest BCUT2D eigenvalue weighted by molar-refractivity contribution is 0.0154. The Kier molecular flexibility index (Phi) is 5.00. The molecule has 1 aliphatic heterocycles. The predicted octanol–water partition coefficient (Wildman–Crippen LogP) is 2.12. The van der Waals surface area contributed by atoms with Gasteiger partial charge in [-0.1, -0.05) is 12.2 Å². The van der Waals surface area contributed by atoms with E-state index >= 15 is 0 Å². The number of hydrogen-bond donors (Lipinski definition) is 0. The molecule has 4 nitrogen and oxygen atoms in total. The summed E-state index contributed by atoms with van der Waals surface area (Å²) >= 11 is 0. The van der Waals surface area contributed by atoms with E-state index in [0.29, 0.717) is 0 Å². The van der Waals surface area contributed by atoms with E-state index < -0.39 is 5.60 Å². The lowest BCUT2D eigenvalue weighted by Gasteiger charge is -2.35. The number of ether oxygens (including phenoxy) is 1. The Morgan fingerprint density at radius 1 is 1.24 bits per heavy atom. The fourth-order valence-electron chi connectivity index (χ4n) is 1.69. The molecule has 0 N–H and O–H groups in total. The standard InChI is InChI=1S/C13H24N2O2/c1-5-6-7-14-8-10-15(11-9-14)12(16)17-13(2,3)4/h5-6H,7-11H2,1-4H3/b6-5+. The predicted molar refractivity (Wildman–Crippen MR) is 69.1 cm³/mol. The molecule has 98 valence electrons. The first-order valence-corrected chi connectivity index (χ1v) is 6.24. The molecule has 0 bridgehead atoms. The first kappa shape index (κ1) is 14.0. The lowest BCUT2D eigenvalue weighted by atomic mass is 10.2. The number of amides is 1. The van der Waals surface area contributed by atoms with Crippen molar-refractivity contribution in [2.24, 2.45) is 0 Å². The van der Waals surface area contributed by atoms with Crippen molar-refractivity contribution >= 4 is 6.09 Å². The van der Waals surface area contributed by atoms with Gasteiger partial charge in [0.25, 0.3) is 0 Å².